The Balaban J connectivity index is 2.55. The molecule has 0 aliphatic carbocycles. The van der Waals surface area contributed by atoms with Crippen LogP contribution in [-0.2, 0) is 0 Å². The number of benzene rings is 1. The summed E-state index contributed by atoms with van der Waals surface area (Å²) in [6, 6.07) is 5.08. The minimum Gasteiger partial charge on any atom is -0.445 e. The molecule has 1 aromatic carbocycles. The van der Waals surface area contributed by atoms with Gasteiger partial charge in [0.15, 0.2) is 0 Å². The van der Waals surface area contributed by atoms with Crippen molar-refractivity contribution in [3.63, 3.8) is 0 Å². The molecule has 2 aromatic rings. The summed E-state index contributed by atoms with van der Waals surface area (Å²) in [5.41, 5.74) is -1.07. The second-order valence-electron chi connectivity index (χ2n) is 4.90. The summed E-state index contributed by atoms with van der Waals surface area (Å²) in [6.07, 6.45) is 0. The zero-order valence-electron chi connectivity index (χ0n) is 12.6. The van der Waals surface area contributed by atoms with Gasteiger partial charge in [-0.1, -0.05) is 0 Å². The first-order chi connectivity index (χ1) is 10.7. The Kier molecular flexibility index (Phi) is 4.12. The van der Waals surface area contributed by atoms with Gasteiger partial charge >= 0.3 is 0 Å². The van der Waals surface area contributed by atoms with E-state index in [9.17, 15) is 25.0 Å². The monoisotopic (exact) mass is 319 g/mol. The van der Waals surface area contributed by atoms with Gasteiger partial charge in [0, 0.05) is 24.7 Å². The molecule has 0 saturated carbocycles. The van der Waals surface area contributed by atoms with E-state index >= 15 is 0 Å². The molecule has 0 fully saturated rings. The third-order valence-electron chi connectivity index (χ3n) is 3.36. The number of amides is 1. The highest BCUT2D eigenvalue weighted by Crippen LogP contribution is 2.29. The van der Waals surface area contributed by atoms with Gasteiger partial charge in [0.1, 0.15) is 5.76 Å². The van der Waals surface area contributed by atoms with Gasteiger partial charge in [-0.25, -0.2) is 0 Å². The average Bonchev–Trinajstić information content (AvgIpc) is 2.92. The van der Waals surface area contributed by atoms with Crippen molar-refractivity contribution in [2.75, 3.05) is 11.9 Å². The molecular weight excluding hydrogens is 306 g/mol. The van der Waals surface area contributed by atoms with Gasteiger partial charge in [-0.2, -0.15) is 0 Å². The van der Waals surface area contributed by atoms with Crippen LogP contribution in [0.5, 0.6) is 0 Å². The number of carbonyl (C=O) groups is 1. The SMILES string of the molecule is Cc1ccc(N(C)C(=O)c2cc([N+](=O)[O-])cc([N+](=O)[O-])c2C)o1. The van der Waals surface area contributed by atoms with E-state index in [1.165, 1.54) is 14.0 Å². The molecule has 0 spiro atoms. The molecule has 0 aliphatic rings. The van der Waals surface area contributed by atoms with Crippen molar-refractivity contribution in [1.82, 2.24) is 0 Å². The molecule has 1 aromatic heterocycles. The topological polar surface area (TPSA) is 120 Å². The number of aryl methyl sites for hydroxylation is 1. The average molecular weight is 319 g/mol. The predicted octanol–water partition coefficient (Wildman–Crippen LogP) is 2.99. The van der Waals surface area contributed by atoms with E-state index in [0.29, 0.717) is 5.76 Å². The summed E-state index contributed by atoms with van der Waals surface area (Å²) < 4.78 is 5.32. The second kappa shape index (κ2) is 5.87. The molecule has 9 nitrogen and oxygen atoms in total. The molecular formula is C14H13N3O6. The Bertz CT molecular complexity index is 811. The summed E-state index contributed by atoms with van der Waals surface area (Å²) in [6.45, 7) is 3.07. The van der Waals surface area contributed by atoms with Crippen LogP contribution >= 0.6 is 0 Å². The third-order valence-corrected chi connectivity index (χ3v) is 3.36. The summed E-state index contributed by atoms with van der Waals surface area (Å²) in [5, 5.41) is 22.0. The maximum atomic E-state index is 12.5. The lowest BCUT2D eigenvalue weighted by atomic mass is 10.0. The number of nitro benzene ring substituents is 2. The Morgan fingerprint density at radius 2 is 1.78 bits per heavy atom. The summed E-state index contributed by atoms with van der Waals surface area (Å²) in [5.74, 6) is 0.186. The van der Waals surface area contributed by atoms with E-state index in [-0.39, 0.29) is 17.0 Å². The van der Waals surface area contributed by atoms with Crippen molar-refractivity contribution < 1.29 is 19.1 Å². The van der Waals surface area contributed by atoms with Crippen molar-refractivity contribution in [3.05, 3.63) is 61.4 Å². The van der Waals surface area contributed by atoms with E-state index in [1.54, 1.807) is 19.1 Å². The lowest BCUT2D eigenvalue weighted by Gasteiger charge is -2.15. The van der Waals surface area contributed by atoms with E-state index in [2.05, 4.69) is 0 Å². The van der Waals surface area contributed by atoms with Crippen LogP contribution in [-0.4, -0.2) is 22.8 Å². The van der Waals surface area contributed by atoms with Crippen molar-refractivity contribution in [2.24, 2.45) is 0 Å². The number of hydrogen-bond acceptors (Lipinski definition) is 6. The lowest BCUT2D eigenvalue weighted by Crippen LogP contribution is -2.26. The summed E-state index contributed by atoms with van der Waals surface area (Å²) in [7, 11) is 1.42. The lowest BCUT2D eigenvalue weighted by molar-refractivity contribution is -0.394. The quantitative estimate of drug-likeness (QED) is 0.631. The normalized spacial score (nSPS) is 10.4. The molecule has 2 rings (SSSR count). The van der Waals surface area contributed by atoms with Crippen LogP contribution in [0, 0.1) is 34.1 Å². The van der Waals surface area contributed by atoms with Crippen LogP contribution in [0.4, 0.5) is 17.3 Å². The van der Waals surface area contributed by atoms with E-state index in [1.807, 2.05) is 0 Å². The van der Waals surface area contributed by atoms with Gasteiger partial charge in [-0.05, 0) is 19.9 Å². The number of nitrogens with zero attached hydrogens (tertiary/aromatic N) is 3. The smallest absolute Gasteiger partial charge is 0.279 e. The summed E-state index contributed by atoms with van der Waals surface area (Å²) >= 11 is 0. The van der Waals surface area contributed by atoms with Gasteiger partial charge in [0.25, 0.3) is 17.3 Å². The Morgan fingerprint density at radius 1 is 1.13 bits per heavy atom. The van der Waals surface area contributed by atoms with Crippen LogP contribution < -0.4 is 4.90 Å². The molecule has 23 heavy (non-hydrogen) atoms. The Morgan fingerprint density at radius 3 is 2.26 bits per heavy atom. The number of nitro groups is 2. The number of anilines is 1. The zero-order chi connectivity index (χ0) is 17.3. The van der Waals surface area contributed by atoms with Crippen molar-refractivity contribution in [1.29, 1.82) is 0 Å². The molecule has 1 amide bonds. The van der Waals surface area contributed by atoms with Crippen molar-refractivity contribution in [2.45, 2.75) is 13.8 Å². The molecule has 120 valence electrons. The van der Waals surface area contributed by atoms with E-state index < -0.39 is 27.1 Å². The van der Waals surface area contributed by atoms with Crippen LogP contribution in [0.2, 0.25) is 0 Å². The molecule has 0 radical (unpaired) electrons. The number of rotatable bonds is 4. The second-order valence-corrected chi connectivity index (χ2v) is 4.90. The fourth-order valence-electron chi connectivity index (χ4n) is 2.08. The first-order valence-electron chi connectivity index (χ1n) is 6.50. The molecule has 0 aliphatic heterocycles. The minimum atomic E-state index is -0.778. The van der Waals surface area contributed by atoms with Crippen LogP contribution in [0.15, 0.2) is 28.7 Å². The van der Waals surface area contributed by atoms with Crippen LogP contribution in [0.25, 0.3) is 0 Å². The van der Waals surface area contributed by atoms with Crippen molar-refractivity contribution in [3.8, 4) is 0 Å². The summed E-state index contributed by atoms with van der Waals surface area (Å²) in [4.78, 5) is 34.2. The van der Waals surface area contributed by atoms with Crippen LogP contribution in [0.1, 0.15) is 21.7 Å². The van der Waals surface area contributed by atoms with Crippen LogP contribution in [0.3, 0.4) is 0 Å². The largest absolute Gasteiger partial charge is 0.445 e. The fourth-order valence-corrected chi connectivity index (χ4v) is 2.08. The Hall–Kier alpha value is -3.23. The molecule has 9 heteroatoms. The standard InChI is InChI=1S/C14H13N3O6/c1-8-4-5-13(23-8)15(3)14(18)11-6-10(16(19)20)7-12(9(11)2)17(21)22/h4-7H,1-3H3. The van der Waals surface area contributed by atoms with E-state index in [0.717, 1.165) is 17.0 Å². The highest BCUT2D eigenvalue weighted by atomic mass is 16.6. The van der Waals surface area contributed by atoms with Gasteiger partial charge in [0.2, 0.25) is 5.88 Å². The maximum absolute atomic E-state index is 12.5. The number of non-ortho nitro benzene ring substituents is 1. The van der Waals surface area contributed by atoms with Gasteiger partial charge in [-0.15, -0.1) is 0 Å². The van der Waals surface area contributed by atoms with Gasteiger partial charge < -0.3 is 4.42 Å². The number of hydrogen-bond donors (Lipinski definition) is 0. The highest BCUT2D eigenvalue weighted by molar-refractivity contribution is 6.07. The first kappa shape index (κ1) is 16.1. The first-order valence-corrected chi connectivity index (χ1v) is 6.50. The van der Waals surface area contributed by atoms with Gasteiger partial charge in [0.05, 0.1) is 21.5 Å². The fraction of sp³-hybridized carbons (Fsp3) is 0.214. The number of carbonyl (C=O) groups excluding carboxylic acids is 1. The minimum absolute atomic E-state index is 0.0562. The zero-order valence-corrected chi connectivity index (χ0v) is 12.6. The molecule has 0 unspecified atom stereocenters. The maximum Gasteiger partial charge on any atom is 0.279 e. The molecule has 1 heterocycles. The number of furan rings is 1. The van der Waals surface area contributed by atoms with Crippen molar-refractivity contribution >= 4 is 23.2 Å². The molecule has 0 saturated heterocycles. The predicted molar refractivity (Wildman–Crippen MR) is 80.7 cm³/mol. The molecule has 0 N–H and O–H groups in total. The molecule has 0 bridgehead atoms. The van der Waals surface area contributed by atoms with Gasteiger partial charge in [-0.3, -0.25) is 29.9 Å². The van der Waals surface area contributed by atoms with E-state index in [4.69, 9.17) is 4.42 Å². The Labute approximate surface area is 130 Å². The third kappa shape index (κ3) is 3.03. The highest BCUT2D eigenvalue weighted by Gasteiger charge is 2.27. The molecule has 0 atom stereocenters.